The Morgan fingerprint density at radius 1 is 1.09 bits per heavy atom. The van der Waals surface area contributed by atoms with Crippen LogP contribution in [0, 0.1) is 5.41 Å². The standard InChI is InChI=1S/C25H29Br2N3O2.H2S/c1-24(2,3)13-19-25(17-10-9-16(27)12-18(17)28-23(25)32)20(14-7-6-8-15(26)11-14)21(29-19)22(31)30(4)5;/h6-12,19-21,29H,13H2,1-5H3,(H,28,32);1H2/t19-,20+,21-,25+;/m1./s1. The maximum Gasteiger partial charge on any atom is 0.239 e. The van der Waals surface area contributed by atoms with Gasteiger partial charge in [-0.15, -0.1) is 0 Å². The predicted molar refractivity (Wildman–Crippen MR) is 145 cm³/mol. The van der Waals surface area contributed by atoms with E-state index in [1.165, 1.54) is 0 Å². The molecule has 1 spiro atoms. The predicted octanol–water partition coefficient (Wildman–Crippen LogP) is 5.16. The highest BCUT2D eigenvalue weighted by atomic mass is 79.9. The number of carbonyl (C=O) groups is 2. The largest absolute Gasteiger partial charge is 0.347 e. The molecule has 0 radical (unpaired) electrons. The summed E-state index contributed by atoms with van der Waals surface area (Å²) < 4.78 is 1.83. The molecule has 178 valence electrons. The van der Waals surface area contributed by atoms with E-state index in [9.17, 15) is 9.59 Å². The van der Waals surface area contributed by atoms with Crippen molar-refractivity contribution in [3.05, 3.63) is 62.5 Å². The van der Waals surface area contributed by atoms with Crippen LogP contribution in [0.5, 0.6) is 0 Å². The van der Waals surface area contributed by atoms with Crippen LogP contribution in [0.4, 0.5) is 5.69 Å². The summed E-state index contributed by atoms with van der Waals surface area (Å²) in [7, 11) is 3.54. The second-order valence-electron chi connectivity index (χ2n) is 10.2. The summed E-state index contributed by atoms with van der Waals surface area (Å²) >= 11 is 7.13. The van der Waals surface area contributed by atoms with Gasteiger partial charge < -0.3 is 15.5 Å². The SMILES string of the molecule is CN(C)C(=O)[C@@H]1N[C@H](CC(C)(C)C)[C@]2(C(=O)Nc3cc(Br)ccc32)[C@H]1c1cccc(Br)c1.S. The zero-order valence-electron chi connectivity index (χ0n) is 19.5. The number of fused-ring (bicyclic) bond motifs is 2. The molecule has 2 aromatic rings. The van der Waals surface area contributed by atoms with Crippen LogP contribution in [0.3, 0.4) is 0 Å². The lowest BCUT2D eigenvalue weighted by Crippen LogP contribution is -2.49. The Kier molecular flexibility index (Phi) is 7.45. The van der Waals surface area contributed by atoms with Crippen molar-refractivity contribution in [2.75, 3.05) is 19.4 Å². The molecule has 2 N–H and O–H groups in total. The van der Waals surface area contributed by atoms with Crippen molar-refractivity contribution in [1.82, 2.24) is 10.2 Å². The minimum atomic E-state index is -0.902. The third-order valence-corrected chi connectivity index (χ3v) is 7.52. The topological polar surface area (TPSA) is 61.4 Å². The van der Waals surface area contributed by atoms with Crippen LogP contribution < -0.4 is 10.6 Å². The molecule has 1 fully saturated rings. The lowest BCUT2D eigenvalue weighted by atomic mass is 9.62. The molecule has 0 aliphatic carbocycles. The van der Waals surface area contributed by atoms with Gasteiger partial charge in [0.1, 0.15) is 5.41 Å². The van der Waals surface area contributed by atoms with Crippen molar-refractivity contribution in [2.24, 2.45) is 5.41 Å². The number of hydrogen-bond acceptors (Lipinski definition) is 3. The van der Waals surface area contributed by atoms with E-state index in [2.05, 4.69) is 63.3 Å². The zero-order valence-corrected chi connectivity index (χ0v) is 23.7. The normalized spacial score (nSPS) is 26.0. The second kappa shape index (κ2) is 9.36. The van der Waals surface area contributed by atoms with Crippen molar-refractivity contribution in [1.29, 1.82) is 0 Å². The molecule has 2 aromatic carbocycles. The van der Waals surface area contributed by atoms with Crippen molar-refractivity contribution < 1.29 is 9.59 Å². The summed E-state index contributed by atoms with van der Waals surface area (Å²) in [6, 6.07) is 13.2. The fourth-order valence-electron chi connectivity index (χ4n) is 5.39. The molecule has 8 heteroatoms. The van der Waals surface area contributed by atoms with Gasteiger partial charge in [0.05, 0.1) is 6.04 Å². The minimum absolute atomic E-state index is 0. The first-order chi connectivity index (χ1) is 14.9. The lowest BCUT2D eigenvalue weighted by Gasteiger charge is -2.37. The molecule has 2 aliphatic heterocycles. The molecule has 2 heterocycles. The number of likely N-dealkylation sites (N-methyl/N-ethyl adjacent to an activating group) is 1. The van der Waals surface area contributed by atoms with Crippen molar-refractivity contribution in [3.63, 3.8) is 0 Å². The van der Waals surface area contributed by atoms with Gasteiger partial charge in [-0.3, -0.25) is 9.59 Å². The van der Waals surface area contributed by atoms with E-state index in [4.69, 9.17) is 0 Å². The van der Waals surface area contributed by atoms with E-state index in [0.29, 0.717) is 0 Å². The number of anilines is 1. The Bertz CT molecular complexity index is 1090. The van der Waals surface area contributed by atoms with Crippen molar-refractivity contribution in [2.45, 2.75) is 50.6 Å². The maximum atomic E-state index is 14.0. The fourth-order valence-corrected chi connectivity index (χ4v) is 6.17. The van der Waals surface area contributed by atoms with Crippen LogP contribution in [0.2, 0.25) is 0 Å². The van der Waals surface area contributed by atoms with Crippen LogP contribution in [-0.2, 0) is 15.0 Å². The molecule has 5 nitrogen and oxygen atoms in total. The number of halogens is 2. The third kappa shape index (κ3) is 4.51. The monoisotopic (exact) mass is 595 g/mol. The molecule has 2 amide bonds. The molecule has 1 saturated heterocycles. The molecule has 33 heavy (non-hydrogen) atoms. The minimum Gasteiger partial charge on any atom is -0.347 e. The molecule has 0 unspecified atom stereocenters. The Balaban J connectivity index is 0.00000306. The van der Waals surface area contributed by atoms with Gasteiger partial charge in [0.15, 0.2) is 0 Å². The summed E-state index contributed by atoms with van der Waals surface area (Å²) in [5, 5.41) is 6.78. The van der Waals surface area contributed by atoms with Gasteiger partial charge in [0.25, 0.3) is 0 Å². The molecule has 2 aliphatic rings. The molecular weight excluding hydrogens is 566 g/mol. The highest BCUT2D eigenvalue weighted by Gasteiger charge is 2.65. The number of amides is 2. The van der Waals surface area contributed by atoms with E-state index in [0.717, 1.165) is 32.2 Å². The molecule has 4 rings (SSSR count). The van der Waals surface area contributed by atoms with Crippen LogP contribution in [-0.4, -0.2) is 42.9 Å². The number of benzene rings is 2. The molecule has 4 atom stereocenters. The molecule has 0 aromatic heterocycles. The second-order valence-corrected chi connectivity index (χ2v) is 12.1. The van der Waals surface area contributed by atoms with E-state index >= 15 is 0 Å². The number of rotatable bonds is 3. The van der Waals surface area contributed by atoms with E-state index in [1.54, 1.807) is 19.0 Å². The zero-order chi connectivity index (χ0) is 23.4. The van der Waals surface area contributed by atoms with Crippen LogP contribution >= 0.6 is 45.4 Å². The average molecular weight is 597 g/mol. The summed E-state index contributed by atoms with van der Waals surface area (Å²) in [5.74, 6) is -0.430. The summed E-state index contributed by atoms with van der Waals surface area (Å²) in [6.07, 6.45) is 0.748. The summed E-state index contributed by atoms with van der Waals surface area (Å²) in [6.45, 7) is 6.52. The van der Waals surface area contributed by atoms with Crippen LogP contribution in [0.1, 0.15) is 44.2 Å². The van der Waals surface area contributed by atoms with Crippen LogP contribution in [0.25, 0.3) is 0 Å². The first kappa shape index (κ1) is 26.3. The van der Waals surface area contributed by atoms with Gasteiger partial charge in [-0.2, -0.15) is 13.5 Å². The van der Waals surface area contributed by atoms with E-state index in [1.807, 2.05) is 42.5 Å². The number of carbonyl (C=O) groups excluding carboxylic acids is 2. The maximum absolute atomic E-state index is 14.0. The molecule has 0 saturated carbocycles. The van der Waals surface area contributed by atoms with Gasteiger partial charge >= 0.3 is 0 Å². The Morgan fingerprint density at radius 3 is 2.36 bits per heavy atom. The molecular formula is C25H31Br2N3O2S. The first-order valence-corrected chi connectivity index (χ1v) is 12.4. The Hall–Kier alpha value is -1.35. The first-order valence-electron chi connectivity index (χ1n) is 10.8. The Morgan fingerprint density at radius 2 is 1.76 bits per heavy atom. The van der Waals surface area contributed by atoms with Crippen molar-refractivity contribution in [3.8, 4) is 0 Å². The summed E-state index contributed by atoms with van der Waals surface area (Å²) in [5.41, 5.74) is 1.78. The fraction of sp³-hybridized carbons (Fsp3) is 0.440. The van der Waals surface area contributed by atoms with Gasteiger partial charge in [-0.1, -0.05) is 70.8 Å². The lowest BCUT2D eigenvalue weighted by molar-refractivity contribution is -0.131. The molecule has 0 bridgehead atoms. The number of hydrogen-bond donors (Lipinski definition) is 2. The quantitative estimate of drug-likeness (QED) is 0.514. The third-order valence-electron chi connectivity index (χ3n) is 6.54. The van der Waals surface area contributed by atoms with Gasteiger partial charge in [-0.25, -0.2) is 0 Å². The summed E-state index contributed by atoms with van der Waals surface area (Å²) in [4.78, 5) is 29.0. The van der Waals surface area contributed by atoms with E-state index < -0.39 is 11.5 Å². The van der Waals surface area contributed by atoms with Gasteiger partial charge in [0.2, 0.25) is 11.8 Å². The van der Waals surface area contributed by atoms with Crippen LogP contribution in [0.15, 0.2) is 51.4 Å². The van der Waals surface area contributed by atoms with Crippen molar-refractivity contribution >= 4 is 62.9 Å². The van der Waals surface area contributed by atoms with E-state index in [-0.39, 0.29) is 42.7 Å². The smallest absolute Gasteiger partial charge is 0.239 e. The van der Waals surface area contributed by atoms with Gasteiger partial charge in [0, 0.05) is 40.7 Å². The Labute approximate surface area is 219 Å². The van der Waals surface area contributed by atoms with Gasteiger partial charge in [-0.05, 0) is 47.2 Å². The average Bonchev–Trinajstić information content (AvgIpc) is 3.15. The highest BCUT2D eigenvalue weighted by Crippen LogP contribution is 2.56. The number of nitrogens with one attached hydrogen (secondary N) is 2. The highest BCUT2D eigenvalue weighted by molar-refractivity contribution is 9.10. The number of nitrogens with zero attached hydrogens (tertiary/aromatic N) is 1.